The van der Waals surface area contributed by atoms with Gasteiger partial charge in [0.15, 0.2) is 9.39 Å². The third kappa shape index (κ3) is 2.88. The predicted molar refractivity (Wildman–Crippen MR) is 64.4 cm³/mol. The van der Waals surface area contributed by atoms with Crippen LogP contribution in [-0.2, 0) is 0 Å². The fourth-order valence-electron chi connectivity index (χ4n) is 1.96. The molecule has 0 amide bonds. The molecule has 2 rings (SSSR count). The lowest BCUT2D eigenvalue weighted by Gasteiger charge is -2.01. The largest absolute Gasteiger partial charge is 0.361 e. The molecule has 0 fully saturated rings. The molecule has 0 saturated heterocycles. The summed E-state index contributed by atoms with van der Waals surface area (Å²) < 4.78 is 28.4. The van der Waals surface area contributed by atoms with Crippen LogP contribution in [-0.4, -0.2) is 0 Å². The molecule has 2 aromatic rings. The molecule has 0 unspecified atom stereocenters. The van der Waals surface area contributed by atoms with Gasteiger partial charge in [0.2, 0.25) is 3.57 Å². The van der Waals surface area contributed by atoms with Crippen molar-refractivity contribution >= 4 is 0 Å². The molecule has 0 nitrogen and oxygen atoms in total. The molecule has 3 heteroatoms. The molecule has 0 aliphatic rings. The fourth-order valence-corrected chi connectivity index (χ4v) is 4.48. The molecule has 0 bridgehead atoms. The number of aryl methyl sites for hydroxylation is 3. The van der Waals surface area contributed by atoms with Crippen molar-refractivity contribution in [1.82, 2.24) is 0 Å². The molecule has 0 atom stereocenters. The Balaban J connectivity index is 2.40. The Morgan fingerprint density at radius 1 is 0.889 bits per heavy atom. The Kier molecular flexibility index (Phi) is 4.00. The molecule has 18 heavy (non-hydrogen) atoms. The van der Waals surface area contributed by atoms with E-state index in [0.29, 0.717) is 3.57 Å². The number of benzene rings is 2. The van der Waals surface area contributed by atoms with E-state index in [0.717, 1.165) is 6.07 Å². The molecule has 0 heterocycles. The highest BCUT2D eigenvalue weighted by molar-refractivity contribution is 5.27. The Hall–Kier alpha value is -0.970. The number of halogens is 3. The Morgan fingerprint density at radius 2 is 1.50 bits per heavy atom. The van der Waals surface area contributed by atoms with Crippen LogP contribution in [0.5, 0.6) is 0 Å². The molecular formula is C15H14F2I+. The molecule has 0 aliphatic carbocycles. The van der Waals surface area contributed by atoms with E-state index in [1.807, 2.05) is 0 Å². The van der Waals surface area contributed by atoms with Gasteiger partial charge in [-0.1, -0.05) is 17.7 Å². The summed E-state index contributed by atoms with van der Waals surface area (Å²) >= 11 is -0.604. The normalized spacial score (nSPS) is 10.7. The standard InChI is InChI=1S/C15H14F2I/c1-9-6-10(2)15(11(3)7-9)18-14-5-4-12(16)8-13(14)17/h4-8H,1-3H3/q+1. The lowest BCUT2D eigenvalue weighted by molar-refractivity contribution is -0.601. The van der Waals surface area contributed by atoms with Crippen LogP contribution >= 0.6 is 0 Å². The van der Waals surface area contributed by atoms with Crippen molar-refractivity contribution in [3.63, 3.8) is 0 Å². The maximum atomic E-state index is 13.7. The SMILES string of the molecule is Cc1cc(C)c([I+]c2ccc(F)cc2F)c(C)c1. The zero-order valence-corrected chi connectivity index (χ0v) is 12.7. The second-order valence-electron chi connectivity index (χ2n) is 4.37. The van der Waals surface area contributed by atoms with Gasteiger partial charge < -0.3 is 0 Å². The maximum absolute atomic E-state index is 13.7. The van der Waals surface area contributed by atoms with Crippen LogP contribution in [0.1, 0.15) is 16.7 Å². The van der Waals surface area contributed by atoms with Gasteiger partial charge in [0, 0.05) is 17.2 Å². The molecule has 0 N–H and O–H groups in total. The van der Waals surface area contributed by atoms with Crippen LogP contribution in [0.25, 0.3) is 0 Å². The van der Waals surface area contributed by atoms with E-state index < -0.39 is 32.8 Å². The topological polar surface area (TPSA) is 0 Å². The molecule has 2 aromatic carbocycles. The van der Waals surface area contributed by atoms with Crippen molar-refractivity contribution in [1.29, 1.82) is 0 Å². The smallest absolute Gasteiger partial charge is 0.207 e. The molecule has 0 spiro atoms. The molecule has 0 radical (unpaired) electrons. The van der Waals surface area contributed by atoms with Gasteiger partial charge in [0.1, 0.15) is 5.82 Å². The van der Waals surface area contributed by atoms with E-state index in [9.17, 15) is 8.78 Å². The highest BCUT2D eigenvalue weighted by Gasteiger charge is 2.25. The average molecular weight is 359 g/mol. The lowest BCUT2D eigenvalue weighted by atomic mass is 10.1. The van der Waals surface area contributed by atoms with Crippen LogP contribution in [0.2, 0.25) is 0 Å². The monoisotopic (exact) mass is 359 g/mol. The molecule has 0 saturated carbocycles. The summed E-state index contributed by atoms with van der Waals surface area (Å²) in [7, 11) is 0. The lowest BCUT2D eigenvalue weighted by Crippen LogP contribution is -3.62. The van der Waals surface area contributed by atoms with E-state index >= 15 is 0 Å². The highest BCUT2D eigenvalue weighted by Crippen LogP contribution is 2.08. The van der Waals surface area contributed by atoms with Gasteiger partial charge in [0.05, 0.1) is 0 Å². The van der Waals surface area contributed by atoms with Crippen LogP contribution in [0.15, 0.2) is 30.3 Å². The van der Waals surface area contributed by atoms with Crippen LogP contribution in [0.4, 0.5) is 8.78 Å². The third-order valence-corrected chi connectivity index (χ3v) is 6.36. The second-order valence-corrected chi connectivity index (χ2v) is 7.15. The van der Waals surface area contributed by atoms with Crippen molar-refractivity contribution in [2.45, 2.75) is 20.8 Å². The minimum atomic E-state index is -0.604. The number of hydrogen-bond acceptors (Lipinski definition) is 0. The van der Waals surface area contributed by atoms with Crippen LogP contribution in [0, 0.1) is 39.5 Å². The summed E-state index contributed by atoms with van der Waals surface area (Å²) in [4.78, 5) is 0. The molecular weight excluding hydrogens is 345 g/mol. The van der Waals surface area contributed by atoms with Crippen molar-refractivity contribution in [2.24, 2.45) is 0 Å². The fraction of sp³-hybridized carbons (Fsp3) is 0.200. The molecule has 0 aliphatic heterocycles. The number of hydrogen-bond donors (Lipinski definition) is 0. The Morgan fingerprint density at radius 3 is 2.06 bits per heavy atom. The van der Waals surface area contributed by atoms with Crippen molar-refractivity contribution in [2.75, 3.05) is 0 Å². The first-order valence-electron chi connectivity index (χ1n) is 5.65. The first-order valence-corrected chi connectivity index (χ1v) is 7.81. The summed E-state index contributed by atoms with van der Waals surface area (Å²) in [6.07, 6.45) is 0. The van der Waals surface area contributed by atoms with Gasteiger partial charge in [-0.15, -0.1) is 0 Å². The number of rotatable bonds is 2. The Labute approximate surface area is 116 Å². The van der Waals surface area contributed by atoms with E-state index in [2.05, 4.69) is 32.9 Å². The zero-order valence-electron chi connectivity index (χ0n) is 10.5. The van der Waals surface area contributed by atoms with E-state index in [-0.39, 0.29) is 0 Å². The van der Waals surface area contributed by atoms with Crippen molar-refractivity contribution < 1.29 is 30.0 Å². The minimum absolute atomic E-state index is 0.429. The average Bonchev–Trinajstić information content (AvgIpc) is 2.25. The van der Waals surface area contributed by atoms with E-state index in [1.54, 1.807) is 6.07 Å². The molecule has 94 valence electrons. The van der Waals surface area contributed by atoms with Gasteiger partial charge in [-0.25, -0.2) is 8.78 Å². The van der Waals surface area contributed by atoms with Crippen LogP contribution < -0.4 is 21.2 Å². The first kappa shape index (κ1) is 13.5. The van der Waals surface area contributed by atoms with Crippen molar-refractivity contribution in [3.05, 3.63) is 65.8 Å². The van der Waals surface area contributed by atoms with Crippen molar-refractivity contribution in [3.8, 4) is 0 Å². The first-order chi connectivity index (χ1) is 8.47. The summed E-state index contributed by atoms with van der Waals surface area (Å²) in [6, 6.07) is 8.09. The third-order valence-electron chi connectivity index (χ3n) is 2.66. The summed E-state index contributed by atoms with van der Waals surface area (Å²) in [5.74, 6) is -0.945. The summed E-state index contributed by atoms with van der Waals surface area (Å²) in [5, 5.41) is 0. The maximum Gasteiger partial charge on any atom is 0.361 e. The van der Waals surface area contributed by atoms with Gasteiger partial charge >= 0.3 is 21.2 Å². The minimum Gasteiger partial charge on any atom is -0.207 e. The van der Waals surface area contributed by atoms with Gasteiger partial charge in [-0.05, 0) is 32.9 Å². The van der Waals surface area contributed by atoms with Crippen LogP contribution in [0.3, 0.4) is 0 Å². The summed E-state index contributed by atoms with van der Waals surface area (Å²) in [6.45, 7) is 6.16. The Bertz CT molecular complexity index is 568. The molecule has 0 aromatic heterocycles. The zero-order chi connectivity index (χ0) is 13.3. The van der Waals surface area contributed by atoms with Gasteiger partial charge in [-0.2, -0.15) is 0 Å². The van der Waals surface area contributed by atoms with Gasteiger partial charge in [0.25, 0.3) is 0 Å². The van der Waals surface area contributed by atoms with E-state index in [1.165, 1.54) is 26.3 Å². The summed E-state index contributed by atoms with van der Waals surface area (Å²) in [5.41, 5.74) is 3.62. The highest BCUT2D eigenvalue weighted by atomic mass is 127. The quantitative estimate of drug-likeness (QED) is 0.555. The predicted octanol–water partition coefficient (Wildman–Crippen LogP) is 1.02. The van der Waals surface area contributed by atoms with E-state index in [4.69, 9.17) is 0 Å². The van der Waals surface area contributed by atoms with Gasteiger partial charge in [-0.3, -0.25) is 0 Å². The second kappa shape index (κ2) is 5.34.